The van der Waals surface area contributed by atoms with Gasteiger partial charge in [-0.3, -0.25) is 19.6 Å². The molecule has 0 radical (unpaired) electrons. The molecule has 9 heteroatoms. The zero-order valence-electron chi connectivity index (χ0n) is 21.7. The largest absolute Gasteiger partial charge is 0.464 e. The van der Waals surface area contributed by atoms with Gasteiger partial charge in [-0.25, -0.2) is 9.59 Å². The molecule has 3 heterocycles. The number of hydrogen-bond donors (Lipinski definition) is 0. The number of amides is 1. The number of ketones is 1. The summed E-state index contributed by atoms with van der Waals surface area (Å²) in [5.41, 5.74) is 1.14. The molecular weight excluding hydrogens is 486 g/mol. The van der Waals surface area contributed by atoms with E-state index in [1.807, 2.05) is 31.2 Å². The molecule has 1 aliphatic heterocycles. The van der Waals surface area contributed by atoms with Crippen molar-refractivity contribution in [2.45, 2.75) is 78.8 Å². The number of Topliss-reactive ketones (excluding diaryl/α,β-unsaturated/α-hetero) is 1. The second-order valence-electron chi connectivity index (χ2n) is 9.81. The van der Waals surface area contributed by atoms with Crippen LogP contribution < -0.4 is 0 Å². The number of hydrogen-bond acceptors (Lipinski definition) is 8. The van der Waals surface area contributed by atoms with E-state index in [1.54, 1.807) is 38.6 Å². The van der Waals surface area contributed by atoms with Crippen LogP contribution in [0.4, 0.5) is 0 Å². The topological polar surface area (TPSA) is 116 Å². The summed E-state index contributed by atoms with van der Waals surface area (Å²) in [5.74, 6) is -2.74. The monoisotopic (exact) mass is 525 g/mol. The molecule has 0 aromatic carbocycles. The molecule has 0 aliphatic carbocycles. The molecule has 38 heavy (non-hydrogen) atoms. The molecule has 0 bridgehead atoms. The number of ether oxygens (including phenoxy) is 2. The third-order valence-corrected chi connectivity index (χ3v) is 6.74. The van der Waals surface area contributed by atoms with Crippen molar-refractivity contribution in [1.29, 1.82) is 0 Å². The number of pyridine rings is 2. The average Bonchev–Trinajstić information content (AvgIpc) is 2.89. The minimum atomic E-state index is -0.990. The van der Waals surface area contributed by atoms with Gasteiger partial charge in [0.2, 0.25) is 5.78 Å². The molecule has 2 aromatic rings. The van der Waals surface area contributed by atoms with E-state index in [0.29, 0.717) is 32.1 Å². The van der Waals surface area contributed by atoms with Crippen LogP contribution in [0.3, 0.4) is 0 Å². The van der Waals surface area contributed by atoms with Crippen molar-refractivity contribution in [3.8, 4) is 0 Å². The lowest BCUT2D eigenvalue weighted by atomic mass is 9.82. The smallest absolute Gasteiger partial charge is 0.328 e. The van der Waals surface area contributed by atoms with Gasteiger partial charge in [-0.15, -0.1) is 0 Å². The minimum absolute atomic E-state index is 0. The van der Waals surface area contributed by atoms with E-state index >= 15 is 0 Å². The molecule has 2 aromatic heterocycles. The van der Waals surface area contributed by atoms with Gasteiger partial charge < -0.3 is 14.4 Å². The second kappa shape index (κ2) is 14.4. The third-order valence-electron chi connectivity index (χ3n) is 6.74. The van der Waals surface area contributed by atoms with Crippen LogP contribution in [-0.2, 0) is 41.5 Å². The van der Waals surface area contributed by atoms with Gasteiger partial charge in [0, 0.05) is 36.6 Å². The summed E-state index contributed by atoms with van der Waals surface area (Å²) in [5, 5.41) is 0. The molecule has 0 N–H and O–H groups in total. The fraction of sp³-hybridized carbons (Fsp3) is 0.517. The zero-order valence-corrected chi connectivity index (χ0v) is 21.7. The molecule has 1 aliphatic rings. The highest BCUT2D eigenvalue weighted by Crippen LogP contribution is 2.32. The summed E-state index contributed by atoms with van der Waals surface area (Å²) in [7, 11) is 0. The van der Waals surface area contributed by atoms with Gasteiger partial charge in [0.25, 0.3) is 5.91 Å². The van der Waals surface area contributed by atoms with Crippen molar-refractivity contribution in [1.82, 2.24) is 14.9 Å². The maximum absolute atomic E-state index is 13.1. The van der Waals surface area contributed by atoms with E-state index in [9.17, 15) is 19.2 Å². The number of aryl methyl sites for hydroxylation is 2. The third kappa shape index (κ3) is 7.94. The van der Waals surface area contributed by atoms with E-state index in [4.69, 9.17) is 9.47 Å². The lowest BCUT2D eigenvalue weighted by Gasteiger charge is -2.45. The molecule has 2 atom stereocenters. The first kappa shape index (κ1) is 30.6. The quantitative estimate of drug-likeness (QED) is 0.221. The Balaban J connectivity index is 0.00000507. The Morgan fingerprint density at radius 3 is 1.76 bits per heavy atom. The lowest BCUT2D eigenvalue weighted by molar-refractivity contribution is -0.179. The van der Waals surface area contributed by atoms with E-state index in [2.05, 4.69) is 9.97 Å². The molecule has 0 spiro atoms. The van der Waals surface area contributed by atoms with Crippen LogP contribution in [-0.4, -0.2) is 63.8 Å². The molecule has 1 saturated heterocycles. The van der Waals surface area contributed by atoms with Gasteiger partial charge in [-0.05, 0) is 55.4 Å². The van der Waals surface area contributed by atoms with Gasteiger partial charge in [-0.2, -0.15) is 0 Å². The summed E-state index contributed by atoms with van der Waals surface area (Å²) < 4.78 is 10.8. The normalized spacial score (nSPS) is 16.6. The summed E-state index contributed by atoms with van der Waals surface area (Å²) in [6.45, 7) is 5.46. The highest BCUT2D eigenvalue weighted by Gasteiger charge is 2.53. The average molecular weight is 526 g/mol. The molecular formula is C29H39N3O6. The van der Waals surface area contributed by atoms with Crippen LogP contribution in [0, 0.1) is 5.41 Å². The number of aromatic nitrogens is 2. The molecule has 206 valence electrons. The van der Waals surface area contributed by atoms with Crippen LogP contribution in [0.2, 0.25) is 0 Å². The summed E-state index contributed by atoms with van der Waals surface area (Å²) in [6.07, 6.45) is 9.93. The van der Waals surface area contributed by atoms with Crippen molar-refractivity contribution >= 4 is 23.6 Å². The van der Waals surface area contributed by atoms with Crippen molar-refractivity contribution in [2.75, 3.05) is 13.2 Å². The first-order chi connectivity index (χ1) is 17.7. The maximum Gasteiger partial charge on any atom is 0.328 e. The summed E-state index contributed by atoms with van der Waals surface area (Å²) in [4.78, 5) is 60.8. The first-order valence-corrected chi connectivity index (χ1v) is 12.7. The first-order valence-electron chi connectivity index (χ1n) is 12.7. The molecule has 0 saturated carbocycles. The van der Waals surface area contributed by atoms with Crippen LogP contribution in [0.5, 0.6) is 0 Å². The van der Waals surface area contributed by atoms with Crippen LogP contribution in [0.15, 0.2) is 49.1 Å². The van der Waals surface area contributed by atoms with Gasteiger partial charge >= 0.3 is 11.9 Å². The Bertz CT molecular complexity index is 1010. The number of nitrogens with zero attached hydrogens (tertiary/aromatic N) is 3. The van der Waals surface area contributed by atoms with Crippen LogP contribution in [0.25, 0.3) is 0 Å². The molecule has 3 rings (SSSR count). The van der Waals surface area contributed by atoms with E-state index < -0.39 is 41.1 Å². The van der Waals surface area contributed by atoms with E-state index in [0.717, 1.165) is 16.0 Å². The number of esters is 2. The number of carbonyl (C=O) groups excluding carboxylic acids is 4. The fourth-order valence-electron chi connectivity index (χ4n) is 3.97. The maximum atomic E-state index is 13.1. The standard InChI is InChI=1S/C28H35N3O6.CH4/c1-4-28(2,3)24(32)25(33)31-22(26(34)36-15-7-11-20-9-5-13-29-18-20)17-23(31)27(35)37-16-8-12-21-10-6-14-30-19-21;/h5-6,9-10,13-14,18-19,22-23H,4,7-8,11-12,15-17H2,1-3H3;1H4/t22-,23+;. The number of rotatable bonds is 13. The molecule has 9 nitrogen and oxygen atoms in total. The Morgan fingerprint density at radius 1 is 0.895 bits per heavy atom. The van der Waals surface area contributed by atoms with Gasteiger partial charge in [-0.1, -0.05) is 40.3 Å². The van der Waals surface area contributed by atoms with Crippen molar-refractivity contribution in [2.24, 2.45) is 5.41 Å². The Kier molecular flexibility index (Phi) is 11.6. The van der Waals surface area contributed by atoms with Crippen LogP contribution in [0.1, 0.15) is 65.0 Å². The van der Waals surface area contributed by atoms with Gasteiger partial charge in [0.1, 0.15) is 12.1 Å². The van der Waals surface area contributed by atoms with Crippen LogP contribution >= 0.6 is 0 Å². The SMILES string of the molecule is C.CCC(C)(C)C(=O)C(=O)N1[C@@H](C(=O)OCCCc2cccnc2)C[C@H]1C(=O)OCCCc1cccnc1. The van der Waals surface area contributed by atoms with Crippen molar-refractivity contribution in [3.05, 3.63) is 60.2 Å². The molecule has 1 fully saturated rings. The Hall–Kier alpha value is -3.62. The second-order valence-corrected chi connectivity index (χ2v) is 9.81. The van der Waals surface area contributed by atoms with Crippen molar-refractivity contribution in [3.63, 3.8) is 0 Å². The highest BCUT2D eigenvalue weighted by atomic mass is 16.5. The predicted octanol–water partition coefficient (Wildman–Crippen LogP) is 3.74. The van der Waals surface area contributed by atoms with Crippen molar-refractivity contribution < 1.29 is 28.7 Å². The predicted molar refractivity (Wildman–Crippen MR) is 142 cm³/mol. The zero-order chi connectivity index (χ0) is 26.8. The van der Waals surface area contributed by atoms with Gasteiger partial charge in [0.15, 0.2) is 0 Å². The summed E-state index contributed by atoms with van der Waals surface area (Å²) in [6, 6.07) is 5.58. The summed E-state index contributed by atoms with van der Waals surface area (Å²) >= 11 is 0. The molecule has 1 amide bonds. The van der Waals surface area contributed by atoms with Gasteiger partial charge in [0.05, 0.1) is 13.2 Å². The lowest BCUT2D eigenvalue weighted by Crippen LogP contribution is -2.67. The van der Waals surface area contributed by atoms with E-state index in [1.165, 1.54) is 0 Å². The minimum Gasteiger partial charge on any atom is -0.464 e. The Morgan fingerprint density at radius 2 is 1.37 bits per heavy atom. The van der Waals surface area contributed by atoms with E-state index in [-0.39, 0.29) is 27.1 Å². The molecule has 0 unspecified atom stereocenters. The number of carbonyl (C=O) groups is 4. The Labute approximate surface area is 224 Å². The number of likely N-dealkylation sites (tertiary alicyclic amines) is 1. The highest BCUT2D eigenvalue weighted by molar-refractivity contribution is 6.38. The fourth-order valence-corrected chi connectivity index (χ4v) is 3.97.